The van der Waals surface area contributed by atoms with Crippen molar-refractivity contribution in [3.63, 3.8) is 0 Å². The van der Waals surface area contributed by atoms with Gasteiger partial charge in [-0.25, -0.2) is 4.39 Å². The van der Waals surface area contributed by atoms with Gasteiger partial charge in [0, 0.05) is 11.8 Å². The van der Waals surface area contributed by atoms with Crippen molar-refractivity contribution in [2.75, 3.05) is 17.5 Å². The molecule has 0 unspecified atom stereocenters. The average Bonchev–Trinajstić information content (AvgIpc) is 3.24. The number of nitrogens with zero attached hydrogens (tertiary/aromatic N) is 1. The van der Waals surface area contributed by atoms with Crippen LogP contribution in [0, 0.1) is 11.2 Å². The Morgan fingerprint density at radius 3 is 2.65 bits per heavy atom. The number of benzene rings is 3. The summed E-state index contributed by atoms with van der Waals surface area (Å²) in [6.45, 7) is 4.74. The lowest BCUT2D eigenvalue weighted by Crippen LogP contribution is -2.17. The summed E-state index contributed by atoms with van der Waals surface area (Å²) in [4.78, 5) is 22.6. The highest BCUT2D eigenvalue weighted by molar-refractivity contribution is 7.99. The second-order valence-corrected chi connectivity index (χ2v) is 9.81. The first-order valence-corrected chi connectivity index (χ1v) is 11.9. The van der Waals surface area contributed by atoms with Gasteiger partial charge >= 0.3 is 0 Å². The summed E-state index contributed by atoms with van der Waals surface area (Å²) in [5.74, 6) is 0.229. The van der Waals surface area contributed by atoms with Gasteiger partial charge in [-0.05, 0) is 41.0 Å². The van der Waals surface area contributed by atoms with Crippen LogP contribution >= 0.6 is 12.1 Å². The molecule has 3 aromatic carbocycles. The van der Waals surface area contributed by atoms with Crippen molar-refractivity contribution in [2.45, 2.75) is 33.3 Å². The maximum absolute atomic E-state index is 15.9. The third-order valence-electron chi connectivity index (χ3n) is 5.72. The summed E-state index contributed by atoms with van der Waals surface area (Å²) in [5.41, 5.74) is 1.02. The molecule has 3 aromatic rings. The molecule has 1 fully saturated rings. The molecule has 8 heteroatoms. The van der Waals surface area contributed by atoms with Gasteiger partial charge in [0.15, 0.2) is 5.82 Å². The van der Waals surface area contributed by atoms with Crippen molar-refractivity contribution in [1.82, 2.24) is 4.72 Å². The molecule has 0 radical (unpaired) electrons. The number of ether oxygens (including phenoxy) is 2. The molecule has 1 heterocycles. The Hall–Kier alpha value is -3.26. The van der Waals surface area contributed by atoms with Gasteiger partial charge in [0.2, 0.25) is 0 Å². The topological polar surface area (TPSA) is 67.9 Å². The second-order valence-electron chi connectivity index (χ2n) is 8.98. The zero-order valence-corrected chi connectivity index (χ0v) is 20.0. The number of anilines is 1. The van der Waals surface area contributed by atoms with E-state index in [0.29, 0.717) is 41.7 Å². The van der Waals surface area contributed by atoms with Gasteiger partial charge in [0.05, 0.1) is 18.7 Å². The van der Waals surface area contributed by atoms with E-state index in [0.717, 1.165) is 24.0 Å². The van der Waals surface area contributed by atoms with Crippen molar-refractivity contribution in [1.29, 1.82) is 0 Å². The molecule has 1 N–H and O–H groups in total. The first-order chi connectivity index (χ1) is 16.4. The molecule has 0 aliphatic carbocycles. The quantitative estimate of drug-likeness (QED) is 0.307. The highest BCUT2D eigenvalue weighted by Gasteiger charge is 2.28. The zero-order chi connectivity index (χ0) is 24.1. The second kappa shape index (κ2) is 10.3. The number of carbonyl (C=O) groups is 2. The van der Waals surface area contributed by atoms with Crippen molar-refractivity contribution in [3.05, 3.63) is 66.0 Å². The van der Waals surface area contributed by atoms with Crippen LogP contribution in [0.4, 0.5) is 10.1 Å². The molecule has 0 atom stereocenters. The number of amides is 1. The van der Waals surface area contributed by atoms with Crippen molar-refractivity contribution in [2.24, 2.45) is 5.41 Å². The number of hydrogen-bond donors (Lipinski definition) is 1. The van der Waals surface area contributed by atoms with Crippen LogP contribution in [0.5, 0.6) is 11.5 Å². The first kappa shape index (κ1) is 23.9. The lowest BCUT2D eigenvalue weighted by atomic mass is 9.87. The zero-order valence-electron chi connectivity index (χ0n) is 19.2. The van der Waals surface area contributed by atoms with E-state index < -0.39 is 5.82 Å². The fourth-order valence-corrected chi connectivity index (χ4v) is 4.38. The number of carbonyl (C=O) groups excluding carboxylic acids is 2. The summed E-state index contributed by atoms with van der Waals surface area (Å²) >= 11 is 1.04. The van der Waals surface area contributed by atoms with Crippen LogP contribution in [0.1, 0.15) is 32.3 Å². The van der Waals surface area contributed by atoms with E-state index in [9.17, 15) is 9.59 Å². The monoisotopic (exact) mass is 482 g/mol. The van der Waals surface area contributed by atoms with Crippen LogP contribution < -0.4 is 18.5 Å². The maximum atomic E-state index is 15.9. The minimum atomic E-state index is -0.476. The van der Waals surface area contributed by atoms with Gasteiger partial charge in [-0.3, -0.25) is 13.8 Å². The van der Waals surface area contributed by atoms with E-state index >= 15 is 4.39 Å². The standard InChI is InChI=1S/C26H27FN2O4S/c1-26(2,10-12-30)11-13-32-20-9-8-19-14-22(33-17-18-6-4-3-5-7-18)25(24(27)21(19)15-20)29-16-23(31)28-34-29/h3-9,12,14-15H,10-11,13,16-17H2,1-2H3,(H,28,31). The average molecular weight is 483 g/mol. The van der Waals surface area contributed by atoms with Crippen molar-refractivity contribution in [3.8, 4) is 11.5 Å². The van der Waals surface area contributed by atoms with Crippen molar-refractivity contribution < 1.29 is 23.5 Å². The molecule has 1 saturated heterocycles. The summed E-state index contributed by atoms with van der Waals surface area (Å²) in [5, 5.41) is 1.05. The molecule has 0 aromatic heterocycles. The van der Waals surface area contributed by atoms with Gasteiger partial charge in [0.1, 0.15) is 36.6 Å². The van der Waals surface area contributed by atoms with Crippen LogP contribution in [0.3, 0.4) is 0 Å². The minimum Gasteiger partial charge on any atom is -0.494 e. The molecule has 0 saturated carbocycles. The summed E-state index contributed by atoms with van der Waals surface area (Å²) < 4.78 is 32.0. The van der Waals surface area contributed by atoms with Gasteiger partial charge in [0.25, 0.3) is 5.91 Å². The Morgan fingerprint density at radius 1 is 1.15 bits per heavy atom. The van der Waals surface area contributed by atoms with Gasteiger partial charge in [-0.15, -0.1) is 0 Å². The Morgan fingerprint density at radius 2 is 1.94 bits per heavy atom. The predicted molar refractivity (Wildman–Crippen MR) is 132 cm³/mol. The molecule has 1 aliphatic rings. The van der Waals surface area contributed by atoms with Gasteiger partial charge in [-0.1, -0.05) is 50.2 Å². The lowest BCUT2D eigenvalue weighted by Gasteiger charge is -2.22. The molecule has 34 heavy (non-hydrogen) atoms. The van der Waals surface area contributed by atoms with E-state index in [1.807, 2.05) is 44.2 Å². The minimum absolute atomic E-state index is 0.0246. The molecule has 6 nitrogen and oxygen atoms in total. The summed E-state index contributed by atoms with van der Waals surface area (Å²) in [6.07, 6.45) is 2.07. The predicted octanol–water partition coefficient (Wildman–Crippen LogP) is 5.44. The molecule has 0 bridgehead atoms. The Labute approximate surface area is 202 Å². The van der Waals surface area contributed by atoms with Crippen LogP contribution in [-0.2, 0) is 16.2 Å². The Bertz CT molecular complexity index is 1190. The molecule has 1 aliphatic heterocycles. The molecule has 178 valence electrons. The third kappa shape index (κ3) is 5.62. The van der Waals surface area contributed by atoms with E-state index in [-0.39, 0.29) is 30.2 Å². The van der Waals surface area contributed by atoms with E-state index in [4.69, 9.17) is 9.47 Å². The number of rotatable bonds is 10. The smallest absolute Gasteiger partial charge is 0.251 e. The van der Waals surface area contributed by atoms with Crippen LogP contribution in [0.25, 0.3) is 10.8 Å². The Balaban J connectivity index is 1.62. The number of fused-ring (bicyclic) bond motifs is 1. The summed E-state index contributed by atoms with van der Waals surface area (Å²) in [6, 6.07) is 16.7. The largest absolute Gasteiger partial charge is 0.494 e. The Kier molecular flexibility index (Phi) is 7.26. The van der Waals surface area contributed by atoms with E-state index in [1.54, 1.807) is 28.6 Å². The molecular weight excluding hydrogens is 455 g/mol. The number of nitrogens with one attached hydrogen (secondary N) is 1. The van der Waals surface area contributed by atoms with E-state index in [1.165, 1.54) is 0 Å². The van der Waals surface area contributed by atoms with Crippen LogP contribution in [-0.4, -0.2) is 25.3 Å². The fraction of sp³-hybridized carbons (Fsp3) is 0.308. The maximum Gasteiger partial charge on any atom is 0.251 e. The number of aldehydes is 1. The molecule has 1 amide bonds. The van der Waals surface area contributed by atoms with Gasteiger partial charge < -0.3 is 14.3 Å². The molecule has 4 rings (SSSR count). The summed E-state index contributed by atoms with van der Waals surface area (Å²) in [7, 11) is 0. The highest BCUT2D eigenvalue weighted by Crippen LogP contribution is 2.41. The van der Waals surface area contributed by atoms with E-state index in [2.05, 4.69) is 4.72 Å². The van der Waals surface area contributed by atoms with Gasteiger partial charge in [-0.2, -0.15) is 0 Å². The highest BCUT2D eigenvalue weighted by atomic mass is 32.2. The SMILES string of the molecule is CC(C)(CC=O)CCOc1ccc2cc(OCc3ccccc3)c(N3CC(=O)NS3)c(F)c2c1. The number of halogens is 1. The molecular formula is C26H27FN2O4S. The molecule has 0 spiro atoms. The number of hydrogen-bond acceptors (Lipinski definition) is 6. The third-order valence-corrected chi connectivity index (χ3v) is 6.57. The first-order valence-electron chi connectivity index (χ1n) is 11.1. The van der Waals surface area contributed by atoms with Crippen LogP contribution in [0.15, 0.2) is 54.6 Å². The fourth-order valence-electron chi connectivity index (χ4n) is 3.66. The normalized spacial score (nSPS) is 13.7. The lowest BCUT2D eigenvalue weighted by molar-refractivity contribution is -0.117. The van der Waals surface area contributed by atoms with Crippen molar-refractivity contribution >= 4 is 40.8 Å². The van der Waals surface area contributed by atoms with Crippen LogP contribution in [0.2, 0.25) is 0 Å².